The lowest BCUT2D eigenvalue weighted by molar-refractivity contribution is -0.119. The second-order valence-corrected chi connectivity index (χ2v) is 5.98. The Morgan fingerprint density at radius 3 is 2.89 bits per heavy atom. The van der Waals surface area contributed by atoms with E-state index in [1.54, 1.807) is 12.1 Å². The first-order valence-corrected chi connectivity index (χ1v) is 7.55. The number of aromatic hydroxyl groups is 1. The Bertz CT molecular complexity index is 422. The minimum atomic E-state index is 0.0804. The first-order chi connectivity index (χ1) is 9.15. The van der Waals surface area contributed by atoms with Crippen molar-refractivity contribution in [3.63, 3.8) is 0 Å². The molecule has 2 atom stereocenters. The lowest BCUT2D eigenvalue weighted by Gasteiger charge is -2.30. The van der Waals surface area contributed by atoms with Crippen molar-refractivity contribution in [2.75, 3.05) is 18.8 Å². The van der Waals surface area contributed by atoms with Gasteiger partial charge in [-0.05, 0) is 49.7 Å². The molecule has 0 aliphatic carbocycles. The van der Waals surface area contributed by atoms with Crippen molar-refractivity contribution in [3.05, 3.63) is 24.3 Å². The van der Waals surface area contributed by atoms with E-state index in [1.165, 1.54) is 11.8 Å². The van der Waals surface area contributed by atoms with E-state index in [9.17, 15) is 9.90 Å². The fourth-order valence-electron chi connectivity index (χ4n) is 2.17. The van der Waals surface area contributed by atoms with Gasteiger partial charge in [0.05, 0.1) is 5.75 Å². The second-order valence-electron chi connectivity index (χ2n) is 4.93. The predicted octanol–water partition coefficient (Wildman–Crippen LogP) is 1.60. The summed E-state index contributed by atoms with van der Waals surface area (Å²) >= 11 is 1.49. The topological polar surface area (TPSA) is 61.4 Å². The van der Waals surface area contributed by atoms with Gasteiger partial charge in [-0.3, -0.25) is 4.79 Å². The summed E-state index contributed by atoms with van der Waals surface area (Å²) in [6, 6.07) is 7.19. The standard InChI is InChI=1S/C14H20N2O2S/c1-10-8-15-7-6-13(10)16-14(18)9-19-12-4-2-11(17)3-5-12/h2-5,10,13,15,17H,6-9H2,1H3,(H,16,18). The average Bonchev–Trinajstić information content (AvgIpc) is 2.41. The maximum Gasteiger partial charge on any atom is 0.230 e. The Morgan fingerprint density at radius 1 is 1.47 bits per heavy atom. The Kier molecular flexibility index (Phi) is 5.10. The number of amides is 1. The number of nitrogens with one attached hydrogen (secondary N) is 2. The van der Waals surface area contributed by atoms with Crippen LogP contribution in [0, 0.1) is 5.92 Å². The highest BCUT2D eigenvalue weighted by molar-refractivity contribution is 8.00. The van der Waals surface area contributed by atoms with Gasteiger partial charge in [-0.1, -0.05) is 6.92 Å². The molecule has 19 heavy (non-hydrogen) atoms. The molecule has 104 valence electrons. The molecule has 0 spiro atoms. The molecule has 0 bridgehead atoms. The molecule has 1 aromatic rings. The van der Waals surface area contributed by atoms with Crippen molar-refractivity contribution in [1.82, 2.24) is 10.6 Å². The Hall–Kier alpha value is -1.20. The minimum Gasteiger partial charge on any atom is -0.508 e. The summed E-state index contributed by atoms with van der Waals surface area (Å²) in [6.07, 6.45) is 0.997. The monoisotopic (exact) mass is 280 g/mol. The van der Waals surface area contributed by atoms with Gasteiger partial charge in [0.2, 0.25) is 5.91 Å². The van der Waals surface area contributed by atoms with Gasteiger partial charge in [-0.25, -0.2) is 0 Å². The fraction of sp³-hybridized carbons (Fsp3) is 0.500. The summed E-state index contributed by atoms with van der Waals surface area (Å²) in [7, 11) is 0. The molecule has 4 nitrogen and oxygen atoms in total. The highest BCUT2D eigenvalue weighted by Crippen LogP contribution is 2.20. The van der Waals surface area contributed by atoms with Gasteiger partial charge >= 0.3 is 0 Å². The van der Waals surface area contributed by atoms with Crippen LogP contribution in [-0.2, 0) is 4.79 Å². The number of phenols is 1. The van der Waals surface area contributed by atoms with Crippen LogP contribution in [0.3, 0.4) is 0 Å². The zero-order chi connectivity index (χ0) is 13.7. The maximum absolute atomic E-state index is 11.9. The number of piperidine rings is 1. The van der Waals surface area contributed by atoms with Crippen molar-refractivity contribution in [1.29, 1.82) is 0 Å². The molecule has 2 unspecified atom stereocenters. The van der Waals surface area contributed by atoms with Gasteiger partial charge in [0, 0.05) is 10.9 Å². The normalized spacial score (nSPS) is 23.0. The van der Waals surface area contributed by atoms with Crippen LogP contribution >= 0.6 is 11.8 Å². The first-order valence-electron chi connectivity index (χ1n) is 6.57. The molecular weight excluding hydrogens is 260 g/mol. The van der Waals surface area contributed by atoms with E-state index in [-0.39, 0.29) is 17.7 Å². The van der Waals surface area contributed by atoms with Gasteiger partial charge in [0.25, 0.3) is 0 Å². The fourth-order valence-corrected chi connectivity index (χ4v) is 2.88. The van der Waals surface area contributed by atoms with Crippen LogP contribution in [0.5, 0.6) is 5.75 Å². The van der Waals surface area contributed by atoms with Gasteiger partial charge in [0.15, 0.2) is 0 Å². The van der Waals surface area contributed by atoms with Gasteiger partial charge in [-0.15, -0.1) is 11.8 Å². The molecule has 0 saturated carbocycles. The van der Waals surface area contributed by atoms with Crippen LogP contribution in [0.4, 0.5) is 0 Å². The maximum atomic E-state index is 11.9. The summed E-state index contributed by atoms with van der Waals surface area (Å²) in [5.41, 5.74) is 0. The van der Waals surface area contributed by atoms with E-state index in [0.29, 0.717) is 11.7 Å². The average molecular weight is 280 g/mol. The smallest absolute Gasteiger partial charge is 0.230 e. The van der Waals surface area contributed by atoms with Crippen LogP contribution in [0.1, 0.15) is 13.3 Å². The Balaban J connectivity index is 1.76. The number of hydrogen-bond donors (Lipinski definition) is 3. The van der Waals surface area contributed by atoms with Crippen molar-refractivity contribution in [2.45, 2.75) is 24.3 Å². The van der Waals surface area contributed by atoms with Crippen LogP contribution < -0.4 is 10.6 Å². The van der Waals surface area contributed by atoms with Gasteiger partial charge < -0.3 is 15.7 Å². The molecule has 1 heterocycles. The van der Waals surface area contributed by atoms with Crippen molar-refractivity contribution >= 4 is 17.7 Å². The highest BCUT2D eigenvalue weighted by atomic mass is 32.2. The van der Waals surface area contributed by atoms with Crippen molar-refractivity contribution < 1.29 is 9.90 Å². The first kappa shape index (κ1) is 14.2. The van der Waals surface area contributed by atoms with E-state index in [0.717, 1.165) is 24.4 Å². The quantitative estimate of drug-likeness (QED) is 0.733. The summed E-state index contributed by atoms with van der Waals surface area (Å²) < 4.78 is 0. The van der Waals surface area contributed by atoms with Gasteiger partial charge in [-0.2, -0.15) is 0 Å². The molecule has 1 amide bonds. The summed E-state index contributed by atoms with van der Waals surface area (Å²) in [5.74, 6) is 1.23. The van der Waals surface area contributed by atoms with Crippen LogP contribution in [0.15, 0.2) is 29.2 Å². The van der Waals surface area contributed by atoms with E-state index in [1.807, 2.05) is 12.1 Å². The molecule has 3 N–H and O–H groups in total. The largest absolute Gasteiger partial charge is 0.508 e. The number of carbonyl (C=O) groups excluding carboxylic acids is 1. The number of thioether (sulfide) groups is 1. The van der Waals surface area contributed by atoms with Gasteiger partial charge in [0.1, 0.15) is 5.75 Å². The zero-order valence-corrected chi connectivity index (χ0v) is 11.9. The number of rotatable bonds is 4. The molecule has 1 saturated heterocycles. The Morgan fingerprint density at radius 2 is 2.21 bits per heavy atom. The van der Waals surface area contributed by atoms with Crippen LogP contribution in [0.25, 0.3) is 0 Å². The Labute approximate surface area is 118 Å². The zero-order valence-electron chi connectivity index (χ0n) is 11.1. The number of phenolic OH excluding ortho intramolecular Hbond substituents is 1. The summed E-state index contributed by atoms with van der Waals surface area (Å²) in [6.45, 7) is 4.10. The second kappa shape index (κ2) is 6.82. The summed E-state index contributed by atoms with van der Waals surface area (Å²) in [4.78, 5) is 12.9. The van der Waals surface area contributed by atoms with Crippen LogP contribution in [0.2, 0.25) is 0 Å². The molecule has 1 aliphatic rings. The lowest BCUT2D eigenvalue weighted by Crippen LogP contribution is -2.48. The SMILES string of the molecule is CC1CNCCC1NC(=O)CSc1ccc(O)cc1. The van der Waals surface area contributed by atoms with E-state index < -0.39 is 0 Å². The third-order valence-corrected chi connectivity index (χ3v) is 4.35. The molecule has 1 aliphatic heterocycles. The van der Waals surface area contributed by atoms with E-state index in [2.05, 4.69) is 17.6 Å². The van der Waals surface area contributed by atoms with Crippen molar-refractivity contribution in [3.8, 4) is 5.75 Å². The highest BCUT2D eigenvalue weighted by Gasteiger charge is 2.22. The van der Waals surface area contributed by atoms with Crippen LogP contribution in [-0.4, -0.2) is 35.9 Å². The molecule has 0 radical (unpaired) electrons. The van der Waals surface area contributed by atoms with E-state index in [4.69, 9.17) is 0 Å². The number of benzene rings is 1. The third-order valence-electron chi connectivity index (χ3n) is 3.34. The lowest BCUT2D eigenvalue weighted by atomic mass is 9.95. The molecule has 0 aromatic heterocycles. The number of hydrogen-bond acceptors (Lipinski definition) is 4. The minimum absolute atomic E-state index is 0.0804. The predicted molar refractivity (Wildman–Crippen MR) is 77.4 cm³/mol. The molecule has 1 aromatic carbocycles. The molecule has 5 heteroatoms. The summed E-state index contributed by atoms with van der Waals surface area (Å²) in [5, 5.41) is 15.6. The number of carbonyl (C=O) groups is 1. The molecular formula is C14H20N2O2S. The van der Waals surface area contributed by atoms with E-state index >= 15 is 0 Å². The molecule has 2 rings (SSSR count). The van der Waals surface area contributed by atoms with Crippen molar-refractivity contribution in [2.24, 2.45) is 5.92 Å². The molecule has 1 fully saturated rings. The third kappa shape index (κ3) is 4.44.